The number of ether oxygens (including phenoxy) is 1. The maximum absolute atomic E-state index is 12.9. The fourth-order valence-corrected chi connectivity index (χ4v) is 3.32. The highest BCUT2D eigenvalue weighted by atomic mass is 16.5. The van der Waals surface area contributed by atoms with Gasteiger partial charge in [0.05, 0.1) is 11.6 Å². The Morgan fingerprint density at radius 3 is 2.68 bits per heavy atom. The molecule has 1 amide bonds. The predicted molar refractivity (Wildman–Crippen MR) is 102 cm³/mol. The molecule has 0 bridgehead atoms. The van der Waals surface area contributed by atoms with Gasteiger partial charge in [-0.3, -0.25) is 19.1 Å². The normalized spacial score (nSPS) is 22.1. The van der Waals surface area contributed by atoms with Gasteiger partial charge in [-0.2, -0.15) is 0 Å². The van der Waals surface area contributed by atoms with E-state index in [0.717, 1.165) is 0 Å². The van der Waals surface area contributed by atoms with Crippen molar-refractivity contribution < 1.29 is 14.6 Å². The molecule has 1 saturated heterocycles. The van der Waals surface area contributed by atoms with Crippen molar-refractivity contribution in [3.8, 4) is 5.75 Å². The van der Waals surface area contributed by atoms with E-state index in [0.29, 0.717) is 37.4 Å². The number of aliphatic hydroxyl groups is 1. The Hall–Kier alpha value is -2.91. The van der Waals surface area contributed by atoms with Crippen LogP contribution in [0.5, 0.6) is 5.75 Å². The van der Waals surface area contributed by atoms with Crippen molar-refractivity contribution in [1.29, 1.82) is 0 Å². The molecular weight excluding hydrogens is 364 g/mol. The van der Waals surface area contributed by atoms with Gasteiger partial charge in [-0.15, -0.1) is 0 Å². The van der Waals surface area contributed by atoms with Crippen LogP contribution in [0.1, 0.15) is 29.7 Å². The lowest BCUT2D eigenvalue weighted by Crippen LogP contribution is -2.54. The van der Waals surface area contributed by atoms with E-state index < -0.39 is 22.9 Å². The molecule has 2 heterocycles. The first-order valence-corrected chi connectivity index (χ1v) is 9.08. The minimum absolute atomic E-state index is 0.142. The summed E-state index contributed by atoms with van der Waals surface area (Å²) in [6.07, 6.45) is 1.64. The standard InChI is InChI=1S/C19H24N4O5/c1-19(27)7-10-22(12-15(19)23-9-6-16(24)21-18(23)26)17(25)13-2-4-14(5-3-13)28-11-8-20/h2-6,9,15,27H,7-8,10-12,20H2,1H3,(H,21,24,26)/t15-,19-/m1/s1. The number of hydrogen-bond donors (Lipinski definition) is 3. The molecule has 0 radical (unpaired) electrons. The minimum atomic E-state index is -1.20. The molecule has 150 valence electrons. The van der Waals surface area contributed by atoms with Gasteiger partial charge in [-0.05, 0) is 37.6 Å². The SMILES string of the molecule is C[C@@]1(O)CCN(C(=O)c2ccc(OCCN)cc2)C[C@H]1n1ccc(=O)[nH]c1=O. The lowest BCUT2D eigenvalue weighted by Gasteiger charge is -2.43. The quantitative estimate of drug-likeness (QED) is 0.645. The highest BCUT2D eigenvalue weighted by Crippen LogP contribution is 2.31. The Morgan fingerprint density at radius 1 is 1.32 bits per heavy atom. The molecule has 1 aromatic heterocycles. The van der Waals surface area contributed by atoms with Crippen LogP contribution >= 0.6 is 0 Å². The summed E-state index contributed by atoms with van der Waals surface area (Å²) in [6.45, 7) is 2.92. The van der Waals surface area contributed by atoms with Gasteiger partial charge < -0.3 is 20.5 Å². The Morgan fingerprint density at radius 2 is 2.04 bits per heavy atom. The van der Waals surface area contributed by atoms with Gasteiger partial charge in [-0.1, -0.05) is 0 Å². The van der Waals surface area contributed by atoms with Crippen LogP contribution in [0, 0.1) is 0 Å². The Bertz CT molecular complexity index is 948. The zero-order valence-electron chi connectivity index (χ0n) is 15.6. The summed E-state index contributed by atoms with van der Waals surface area (Å²) in [5, 5.41) is 10.8. The summed E-state index contributed by atoms with van der Waals surface area (Å²) in [5.41, 5.74) is 3.56. The average Bonchev–Trinajstić information content (AvgIpc) is 2.67. The number of rotatable bonds is 5. The van der Waals surface area contributed by atoms with Gasteiger partial charge >= 0.3 is 5.69 Å². The Kier molecular flexibility index (Phi) is 5.66. The fraction of sp³-hybridized carbons (Fsp3) is 0.421. The van der Waals surface area contributed by atoms with Gasteiger partial charge in [0.15, 0.2) is 0 Å². The number of carbonyl (C=O) groups excluding carboxylic acids is 1. The van der Waals surface area contributed by atoms with E-state index in [4.69, 9.17) is 10.5 Å². The number of nitrogens with two attached hydrogens (primary N) is 1. The third-order valence-electron chi connectivity index (χ3n) is 4.96. The number of aromatic amines is 1. The molecule has 0 aliphatic carbocycles. The number of benzene rings is 1. The van der Waals surface area contributed by atoms with Gasteiger partial charge in [0.1, 0.15) is 12.4 Å². The summed E-state index contributed by atoms with van der Waals surface area (Å²) in [5.74, 6) is 0.421. The van der Waals surface area contributed by atoms with Crippen LogP contribution in [0.3, 0.4) is 0 Å². The van der Waals surface area contributed by atoms with Crippen molar-refractivity contribution in [2.75, 3.05) is 26.2 Å². The highest BCUT2D eigenvalue weighted by molar-refractivity contribution is 5.94. The third kappa shape index (κ3) is 4.15. The minimum Gasteiger partial charge on any atom is -0.492 e. The van der Waals surface area contributed by atoms with E-state index in [9.17, 15) is 19.5 Å². The largest absolute Gasteiger partial charge is 0.492 e. The maximum Gasteiger partial charge on any atom is 0.328 e. The monoisotopic (exact) mass is 388 g/mol. The Labute approximate surface area is 161 Å². The van der Waals surface area contributed by atoms with E-state index in [2.05, 4.69) is 4.98 Å². The fourth-order valence-electron chi connectivity index (χ4n) is 3.32. The average molecular weight is 388 g/mol. The van der Waals surface area contributed by atoms with Crippen LogP contribution in [-0.4, -0.2) is 57.3 Å². The summed E-state index contributed by atoms with van der Waals surface area (Å²) in [7, 11) is 0. The molecule has 3 rings (SSSR count). The molecular formula is C19H24N4O5. The van der Waals surface area contributed by atoms with Gasteiger partial charge in [0.25, 0.3) is 11.5 Å². The van der Waals surface area contributed by atoms with Gasteiger partial charge in [-0.25, -0.2) is 4.79 Å². The summed E-state index contributed by atoms with van der Waals surface area (Å²) >= 11 is 0. The number of carbonyl (C=O) groups is 1. The number of piperidine rings is 1. The van der Waals surface area contributed by atoms with E-state index in [1.54, 1.807) is 36.1 Å². The van der Waals surface area contributed by atoms with Crippen molar-refractivity contribution in [2.24, 2.45) is 5.73 Å². The smallest absolute Gasteiger partial charge is 0.328 e. The molecule has 0 unspecified atom stereocenters. The first-order valence-electron chi connectivity index (χ1n) is 9.08. The second-order valence-electron chi connectivity index (χ2n) is 7.05. The number of aromatic nitrogens is 2. The molecule has 2 atom stereocenters. The molecule has 1 fully saturated rings. The van der Waals surface area contributed by atoms with Crippen LogP contribution in [0.15, 0.2) is 46.1 Å². The lowest BCUT2D eigenvalue weighted by molar-refractivity contribution is -0.0459. The number of likely N-dealkylation sites (tertiary alicyclic amines) is 1. The molecule has 9 nitrogen and oxygen atoms in total. The second-order valence-corrected chi connectivity index (χ2v) is 7.05. The zero-order chi connectivity index (χ0) is 20.3. The molecule has 0 spiro atoms. The first kappa shape index (κ1) is 19.8. The van der Waals surface area contributed by atoms with Gasteiger partial charge in [0.2, 0.25) is 0 Å². The van der Waals surface area contributed by atoms with E-state index in [1.165, 1.54) is 16.8 Å². The number of H-pyrrole nitrogens is 1. The van der Waals surface area contributed by atoms with Crippen LogP contribution in [0.2, 0.25) is 0 Å². The van der Waals surface area contributed by atoms with Crippen molar-refractivity contribution in [1.82, 2.24) is 14.5 Å². The molecule has 28 heavy (non-hydrogen) atoms. The lowest BCUT2D eigenvalue weighted by atomic mass is 9.87. The predicted octanol–water partition coefficient (Wildman–Crippen LogP) is -0.288. The highest BCUT2D eigenvalue weighted by Gasteiger charge is 2.40. The van der Waals surface area contributed by atoms with E-state index in [-0.39, 0.29) is 12.5 Å². The van der Waals surface area contributed by atoms with Crippen molar-refractivity contribution in [3.05, 3.63) is 62.9 Å². The number of amides is 1. The maximum atomic E-state index is 12.9. The number of nitrogens with zero attached hydrogens (tertiary/aromatic N) is 2. The third-order valence-corrected chi connectivity index (χ3v) is 4.96. The molecule has 2 aromatic rings. The zero-order valence-corrected chi connectivity index (χ0v) is 15.6. The molecule has 9 heteroatoms. The Balaban J connectivity index is 1.80. The second kappa shape index (κ2) is 7.99. The first-order chi connectivity index (χ1) is 13.3. The van der Waals surface area contributed by atoms with Crippen molar-refractivity contribution in [3.63, 3.8) is 0 Å². The van der Waals surface area contributed by atoms with Crippen molar-refractivity contribution in [2.45, 2.75) is 25.0 Å². The van der Waals surface area contributed by atoms with Gasteiger partial charge in [0, 0.05) is 37.5 Å². The van der Waals surface area contributed by atoms with E-state index >= 15 is 0 Å². The van der Waals surface area contributed by atoms with Crippen LogP contribution in [0.4, 0.5) is 0 Å². The molecule has 0 saturated carbocycles. The molecule has 4 N–H and O–H groups in total. The summed E-state index contributed by atoms with van der Waals surface area (Å²) in [4.78, 5) is 40.2. The van der Waals surface area contributed by atoms with Crippen LogP contribution < -0.4 is 21.7 Å². The molecule has 1 aliphatic heterocycles. The van der Waals surface area contributed by atoms with Crippen LogP contribution in [-0.2, 0) is 0 Å². The summed E-state index contributed by atoms with van der Waals surface area (Å²) < 4.78 is 6.68. The van der Waals surface area contributed by atoms with Crippen LogP contribution in [0.25, 0.3) is 0 Å². The topological polar surface area (TPSA) is 131 Å². The summed E-state index contributed by atoms with van der Waals surface area (Å²) in [6, 6.07) is 7.28. The number of nitrogens with one attached hydrogen (secondary N) is 1. The number of hydrogen-bond acceptors (Lipinski definition) is 6. The van der Waals surface area contributed by atoms with Crippen molar-refractivity contribution >= 4 is 5.91 Å². The van der Waals surface area contributed by atoms with E-state index in [1.807, 2.05) is 0 Å². The molecule has 1 aromatic carbocycles. The molecule has 1 aliphatic rings.